The summed E-state index contributed by atoms with van der Waals surface area (Å²) in [5, 5.41) is 0. The summed E-state index contributed by atoms with van der Waals surface area (Å²) in [5.41, 5.74) is 7.76. The van der Waals surface area contributed by atoms with Crippen LogP contribution in [0.4, 0.5) is 5.69 Å². The van der Waals surface area contributed by atoms with E-state index in [-0.39, 0.29) is 11.7 Å². The van der Waals surface area contributed by atoms with E-state index in [0.29, 0.717) is 0 Å². The first-order chi connectivity index (χ1) is 13.3. The fourth-order valence-corrected chi connectivity index (χ4v) is 4.60. The summed E-state index contributed by atoms with van der Waals surface area (Å²) >= 11 is 0. The van der Waals surface area contributed by atoms with Gasteiger partial charge < -0.3 is 19.1 Å². The Morgan fingerprint density at radius 2 is 1.75 bits per heavy atom. The van der Waals surface area contributed by atoms with Crippen molar-refractivity contribution in [1.29, 1.82) is 0 Å². The summed E-state index contributed by atoms with van der Waals surface area (Å²) < 4.78 is 17.7. The average Bonchev–Trinajstić information content (AvgIpc) is 3.03. The number of ether oxygens (including phenoxy) is 3. The molecule has 0 N–H and O–H groups in total. The minimum Gasteiger partial charge on any atom is -0.497 e. The molecule has 1 fully saturated rings. The van der Waals surface area contributed by atoms with Gasteiger partial charge in [-0.25, -0.2) is 0 Å². The lowest BCUT2D eigenvalue weighted by molar-refractivity contribution is 0.0397. The Labute approximate surface area is 168 Å². The smallest absolute Gasteiger partial charge is 0.127 e. The molecule has 4 rings (SSSR count). The molecule has 28 heavy (non-hydrogen) atoms. The maximum Gasteiger partial charge on any atom is 0.127 e. The van der Waals surface area contributed by atoms with Crippen molar-refractivity contribution in [2.45, 2.75) is 52.7 Å². The second-order valence-corrected chi connectivity index (χ2v) is 8.65. The lowest BCUT2D eigenvalue weighted by atomic mass is 9.91. The van der Waals surface area contributed by atoms with E-state index in [1.807, 2.05) is 12.1 Å². The fraction of sp³-hybridized carbons (Fsp3) is 0.500. The van der Waals surface area contributed by atoms with Gasteiger partial charge >= 0.3 is 0 Å². The predicted molar refractivity (Wildman–Crippen MR) is 113 cm³/mol. The number of rotatable bonds is 3. The molecule has 2 aliphatic heterocycles. The van der Waals surface area contributed by atoms with E-state index < -0.39 is 0 Å². The van der Waals surface area contributed by atoms with Gasteiger partial charge in [0.1, 0.15) is 23.2 Å². The molecule has 150 valence electrons. The Hall–Kier alpha value is -2.20. The number of hydrogen-bond acceptors (Lipinski definition) is 4. The highest BCUT2D eigenvalue weighted by Crippen LogP contribution is 2.46. The minimum absolute atomic E-state index is 0.0692. The van der Waals surface area contributed by atoms with E-state index >= 15 is 0 Å². The first-order valence-corrected chi connectivity index (χ1v) is 10.1. The Balaban J connectivity index is 1.66. The van der Waals surface area contributed by atoms with Crippen LogP contribution < -0.4 is 14.4 Å². The van der Waals surface area contributed by atoms with Crippen molar-refractivity contribution >= 4 is 5.69 Å². The molecule has 4 heteroatoms. The van der Waals surface area contributed by atoms with Gasteiger partial charge in [0.15, 0.2) is 0 Å². The molecule has 2 aliphatic rings. The highest BCUT2D eigenvalue weighted by atomic mass is 16.5. The highest BCUT2D eigenvalue weighted by molar-refractivity contribution is 5.70. The molecule has 1 saturated heterocycles. The second kappa shape index (κ2) is 7.00. The average molecular weight is 382 g/mol. The van der Waals surface area contributed by atoms with Crippen LogP contribution in [0.15, 0.2) is 24.3 Å². The van der Waals surface area contributed by atoms with E-state index in [4.69, 9.17) is 14.2 Å². The van der Waals surface area contributed by atoms with Crippen molar-refractivity contribution in [3.63, 3.8) is 0 Å². The third-order valence-electron chi connectivity index (χ3n) is 6.19. The molecule has 0 aromatic heterocycles. The number of hydrogen-bond donors (Lipinski definition) is 0. The van der Waals surface area contributed by atoms with Crippen LogP contribution in [0.3, 0.4) is 0 Å². The molecule has 2 heterocycles. The first-order valence-electron chi connectivity index (χ1n) is 10.1. The summed E-state index contributed by atoms with van der Waals surface area (Å²) in [6.07, 6.45) is 1.04. The zero-order valence-electron chi connectivity index (χ0n) is 17.9. The maximum absolute atomic E-state index is 6.29. The number of benzene rings is 2. The molecule has 0 saturated carbocycles. The Kier molecular flexibility index (Phi) is 4.78. The van der Waals surface area contributed by atoms with Crippen LogP contribution in [0.25, 0.3) is 0 Å². The third-order valence-corrected chi connectivity index (χ3v) is 6.19. The maximum atomic E-state index is 6.29. The van der Waals surface area contributed by atoms with Gasteiger partial charge in [-0.3, -0.25) is 0 Å². The van der Waals surface area contributed by atoms with Crippen LogP contribution in [0.2, 0.25) is 0 Å². The van der Waals surface area contributed by atoms with Crippen molar-refractivity contribution < 1.29 is 14.2 Å². The van der Waals surface area contributed by atoms with Gasteiger partial charge in [0, 0.05) is 30.8 Å². The van der Waals surface area contributed by atoms with Crippen LogP contribution in [0.5, 0.6) is 11.5 Å². The Bertz CT molecular complexity index is 886. The quantitative estimate of drug-likeness (QED) is 0.756. The van der Waals surface area contributed by atoms with Crippen molar-refractivity contribution in [2.75, 3.05) is 31.7 Å². The van der Waals surface area contributed by atoms with E-state index in [1.54, 1.807) is 7.11 Å². The topological polar surface area (TPSA) is 30.9 Å². The second-order valence-electron chi connectivity index (χ2n) is 8.65. The lowest BCUT2D eigenvalue weighted by Crippen LogP contribution is -2.39. The van der Waals surface area contributed by atoms with E-state index in [0.717, 1.165) is 37.6 Å². The molecular formula is C24H31NO3. The molecule has 2 aromatic carbocycles. The lowest BCUT2D eigenvalue weighted by Gasteiger charge is -2.37. The van der Waals surface area contributed by atoms with E-state index in [1.165, 1.54) is 33.5 Å². The molecule has 0 amide bonds. The van der Waals surface area contributed by atoms with Crippen molar-refractivity contribution in [3.8, 4) is 11.5 Å². The van der Waals surface area contributed by atoms with Crippen LogP contribution in [0.1, 0.15) is 47.8 Å². The number of anilines is 1. The summed E-state index contributed by atoms with van der Waals surface area (Å²) in [6, 6.07) is 8.23. The molecule has 0 aliphatic carbocycles. The SMILES string of the molecule is COc1ccc(C2CN(c3c(C)c(C)c4c(c3C)CC(C)(C)O4)CCO2)cc1. The number of nitrogens with zero attached hydrogens (tertiary/aromatic N) is 1. The minimum atomic E-state index is -0.125. The van der Waals surface area contributed by atoms with Gasteiger partial charge in [0.05, 0.1) is 13.7 Å². The summed E-state index contributed by atoms with van der Waals surface area (Å²) in [7, 11) is 1.70. The van der Waals surface area contributed by atoms with Crippen LogP contribution in [0, 0.1) is 20.8 Å². The van der Waals surface area contributed by atoms with Gasteiger partial charge in [-0.2, -0.15) is 0 Å². The number of morpholine rings is 1. The zero-order valence-corrected chi connectivity index (χ0v) is 17.9. The molecule has 0 bridgehead atoms. The standard InChI is InChI=1S/C24H31NO3/c1-15-16(2)23-20(13-24(4,5)28-23)17(3)22(15)25-11-12-27-21(14-25)18-7-9-19(26-6)10-8-18/h7-10,21H,11-14H2,1-6H3. The normalized spacial score (nSPS) is 20.6. The molecular weight excluding hydrogens is 350 g/mol. The third kappa shape index (κ3) is 3.24. The Morgan fingerprint density at radius 3 is 2.43 bits per heavy atom. The molecule has 4 nitrogen and oxygen atoms in total. The number of fused-ring (bicyclic) bond motifs is 1. The fourth-order valence-electron chi connectivity index (χ4n) is 4.60. The monoisotopic (exact) mass is 381 g/mol. The van der Waals surface area contributed by atoms with Gasteiger partial charge in [-0.05, 0) is 69.0 Å². The number of methoxy groups -OCH3 is 1. The van der Waals surface area contributed by atoms with Gasteiger partial charge in [-0.1, -0.05) is 12.1 Å². The Morgan fingerprint density at radius 1 is 1.04 bits per heavy atom. The van der Waals surface area contributed by atoms with Crippen molar-refractivity contribution in [1.82, 2.24) is 0 Å². The zero-order chi connectivity index (χ0) is 20.1. The molecule has 1 atom stereocenters. The van der Waals surface area contributed by atoms with Crippen LogP contribution in [-0.2, 0) is 11.2 Å². The van der Waals surface area contributed by atoms with Gasteiger partial charge in [-0.15, -0.1) is 0 Å². The predicted octanol–water partition coefficient (Wildman–Crippen LogP) is 4.91. The van der Waals surface area contributed by atoms with Gasteiger partial charge in [0.25, 0.3) is 0 Å². The molecule has 0 radical (unpaired) electrons. The molecule has 0 spiro atoms. The van der Waals surface area contributed by atoms with Gasteiger partial charge in [0.2, 0.25) is 0 Å². The van der Waals surface area contributed by atoms with E-state index in [9.17, 15) is 0 Å². The van der Waals surface area contributed by atoms with Crippen LogP contribution >= 0.6 is 0 Å². The van der Waals surface area contributed by atoms with E-state index in [2.05, 4.69) is 51.7 Å². The molecule has 2 aromatic rings. The first kappa shape index (κ1) is 19.1. The largest absolute Gasteiger partial charge is 0.497 e. The summed E-state index contributed by atoms with van der Waals surface area (Å²) in [6.45, 7) is 13.5. The molecule has 1 unspecified atom stereocenters. The van der Waals surface area contributed by atoms with Crippen molar-refractivity contribution in [2.24, 2.45) is 0 Å². The summed E-state index contributed by atoms with van der Waals surface area (Å²) in [4.78, 5) is 2.50. The van der Waals surface area contributed by atoms with Crippen molar-refractivity contribution in [3.05, 3.63) is 52.1 Å². The highest BCUT2D eigenvalue weighted by Gasteiger charge is 2.36. The summed E-state index contributed by atoms with van der Waals surface area (Å²) in [5.74, 6) is 1.98. The van der Waals surface area contributed by atoms with Crippen LogP contribution in [-0.4, -0.2) is 32.4 Å².